The van der Waals surface area contributed by atoms with Gasteiger partial charge in [0.15, 0.2) is 11.8 Å². The van der Waals surface area contributed by atoms with Crippen LogP contribution in [0.25, 0.3) is 0 Å². The summed E-state index contributed by atoms with van der Waals surface area (Å²) in [4.78, 5) is 76.6. The number of anilines is 1. The number of likely N-dealkylation sites (tertiary alicyclic amines) is 1. The predicted molar refractivity (Wildman–Crippen MR) is 182 cm³/mol. The van der Waals surface area contributed by atoms with Crippen molar-refractivity contribution in [1.29, 1.82) is 0 Å². The molecule has 1 saturated heterocycles. The van der Waals surface area contributed by atoms with E-state index in [0.717, 1.165) is 37.5 Å². The molecule has 1 heterocycles. The summed E-state index contributed by atoms with van der Waals surface area (Å²) in [5, 5.41) is 21.1. The van der Waals surface area contributed by atoms with Crippen LogP contribution in [0.15, 0.2) is 42.5 Å². The third-order valence-corrected chi connectivity index (χ3v) is 7.78. The number of amides is 3. The molecule has 3 N–H and O–H groups in total. The summed E-state index contributed by atoms with van der Waals surface area (Å²) in [6.07, 6.45) is 10.4. The van der Waals surface area contributed by atoms with Gasteiger partial charge in [0.1, 0.15) is 11.9 Å². The molecule has 0 bridgehead atoms. The Kier molecular flexibility index (Phi) is 21.6. The molecule has 0 radical (unpaired) electrons. The molecule has 12 nitrogen and oxygen atoms in total. The van der Waals surface area contributed by atoms with E-state index >= 15 is 0 Å². The second-order valence-corrected chi connectivity index (χ2v) is 11.3. The van der Waals surface area contributed by atoms with E-state index in [4.69, 9.17) is 9.47 Å². The van der Waals surface area contributed by atoms with Crippen molar-refractivity contribution < 1.29 is 48.5 Å². The molecule has 1 fully saturated rings. The predicted octanol–water partition coefficient (Wildman–Crippen LogP) is 4.05. The number of carbonyl (C=O) groups is 6. The minimum absolute atomic E-state index is 0. The van der Waals surface area contributed by atoms with Gasteiger partial charge in [0.2, 0.25) is 5.91 Å². The zero-order valence-electron chi connectivity index (χ0n) is 26.3. The molecule has 252 valence electrons. The number of carboxylic acid groups (broad SMARTS) is 2. The van der Waals surface area contributed by atoms with Crippen LogP contribution in [0.2, 0.25) is 0 Å². The van der Waals surface area contributed by atoms with Gasteiger partial charge >= 0.3 is 115 Å². The summed E-state index contributed by atoms with van der Waals surface area (Å²) >= 11 is 0. The molecule has 0 aliphatic carbocycles. The molecule has 3 rings (SSSR count). The number of imide groups is 1. The zero-order valence-corrected chi connectivity index (χ0v) is 26.3. The molecule has 14 heteroatoms. The van der Waals surface area contributed by atoms with Gasteiger partial charge in [-0.1, -0.05) is 64.7 Å². The van der Waals surface area contributed by atoms with Gasteiger partial charge in [-0.05, 0) is 48.9 Å². The fourth-order valence-corrected chi connectivity index (χ4v) is 5.24. The van der Waals surface area contributed by atoms with Gasteiger partial charge in [-0.3, -0.25) is 24.1 Å². The van der Waals surface area contributed by atoms with Crippen molar-refractivity contribution in [2.45, 2.75) is 89.7 Å². The van der Waals surface area contributed by atoms with E-state index in [9.17, 15) is 39.0 Å². The van der Waals surface area contributed by atoms with E-state index in [1.165, 1.54) is 64.2 Å². The molecule has 48 heavy (non-hydrogen) atoms. The summed E-state index contributed by atoms with van der Waals surface area (Å²) in [5.41, 5.74) is -1.10. The SMILES string of the molecule is CCCCCCCCCCCCOc1ccc(C(=O)C(C(=O)Nc2cc(C(=O)O)cc(C(=O)O)c2)N2C(=O)CC(OC)C2=O)cc1.[KH].[KH]. The van der Waals surface area contributed by atoms with Crippen LogP contribution in [0.3, 0.4) is 0 Å². The van der Waals surface area contributed by atoms with Crippen molar-refractivity contribution in [1.82, 2.24) is 4.90 Å². The van der Waals surface area contributed by atoms with Gasteiger partial charge in [-0.25, -0.2) is 9.59 Å². The number of benzene rings is 2. The Balaban J connectivity index is 0.00000576. The second-order valence-electron chi connectivity index (χ2n) is 11.3. The van der Waals surface area contributed by atoms with E-state index in [1.807, 2.05) is 0 Å². The Morgan fingerprint density at radius 1 is 0.812 bits per heavy atom. The van der Waals surface area contributed by atoms with Crippen LogP contribution in [0, 0.1) is 0 Å². The average Bonchev–Trinajstić information content (AvgIpc) is 3.32. The van der Waals surface area contributed by atoms with Crippen LogP contribution in [0.4, 0.5) is 5.69 Å². The van der Waals surface area contributed by atoms with E-state index in [1.54, 1.807) is 12.1 Å². The molecule has 0 aromatic heterocycles. The maximum atomic E-state index is 13.7. The molecule has 2 unspecified atom stereocenters. The molecule has 0 saturated carbocycles. The van der Waals surface area contributed by atoms with Gasteiger partial charge < -0.3 is 25.0 Å². The molecule has 2 aromatic carbocycles. The molecule has 1 aliphatic rings. The van der Waals surface area contributed by atoms with Gasteiger partial charge in [0, 0.05) is 18.4 Å². The Hall–Kier alpha value is -1.31. The Morgan fingerprint density at radius 2 is 1.33 bits per heavy atom. The fourth-order valence-electron chi connectivity index (χ4n) is 5.24. The first-order valence-electron chi connectivity index (χ1n) is 15.7. The first-order valence-corrected chi connectivity index (χ1v) is 15.7. The van der Waals surface area contributed by atoms with E-state index in [0.29, 0.717) is 17.3 Å². The standard InChI is InChI=1S/C34H42N2O10.2K.2H/c1-3-4-5-6-7-8-9-10-11-12-17-46-26-15-13-22(14-16-26)30(38)29(36-28(37)21-27(45-2)32(36)40)31(39)35-25-19-23(33(41)42)18-24(20-25)34(43)44;;;;/h13-16,18-20,27,29H,3-12,17,21H2,1-2H3,(H,35,39)(H,41,42)(H,43,44);;;;. The first-order chi connectivity index (χ1) is 22.1. The van der Waals surface area contributed by atoms with E-state index < -0.39 is 58.7 Å². The number of carbonyl (C=O) groups excluding carboxylic acids is 4. The summed E-state index contributed by atoms with van der Waals surface area (Å²) in [7, 11) is 1.22. The van der Waals surface area contributed by atoms with Crippen LogP contribution in [0.5, 0.6) is 5.75 Å². The van der Waals surface area contributed by atoms with Gasteiger partial charge in [0.25, 0.3) is 11.8 Å². The summed E-state index contributed by atoms with van der Waals surface area (Å²) < 4.78 is 10.8. The van der Waals surface area contributed by atoms with Crippen LogP contribution in [-0.2, 0) is 19.1 Å². The normalized spacial score (nSPS) is 14.5. The Bertz CT molecular complexity index is 1380. The van der Waals surface area contributed by atoms with Gasteiger partial charge in [0.05, 0.1) is 24.2 Å². The Morgan fingerprint density at radius 3 is 1.81 bits per heavy atom. The molecule has 3 amide bonds. The number of hydrogen-bond donors (Lipinski definition) is 3. The number of aromatic carboxylic acids is 2. The number of hydrogen-bond acceptors (Lipinski definition) is 8. The Labute approximate surface area is 365 Å². The second kappa shape index (κ2) is 23.2. The summed E-state index contributed by atoms with van der Waals surface area (Å²) in [6.45, 7) is 2.71. The summed E-state index contributed by atoms with van der Waals surface area (Å²) in [6, 6.07) is 6.88. The number of unbranched alkanes of at least 4 members (excludes halogenated alkanes) is 9. The number of nitrogens with zero attached hydrogens (tertiary/aromatic N) is 1. The third-order valence-electron chi connectivity index (χ3n) is 7.78. The van der Waals surface area contributed by atoms with E-state index in [-0.39, 0.29) is 120 Å². The monoisotopic (exact) mass is 718 g/mol. The van der Waals surface area contributed by atoms with Crippen molar-refractivity contribution in [3.8, 4) is 5.75 Å². The van der Waals surface area contributed by atoms with Gasteiger partial charge in [-0.2, -0.15) is 0 Å². The molecular formula is C34H44K2N2O10. The topological polar surface area (TPSA) is 177 Å². The maximum absolute atomic E-state index is 13.7. The molecule has 2 atom stereocenters. The van der Waals surface area contributed by atoms with Crippen molar-refractivity contribution in [2.24, 2.45) is 0 Å². The zero-order chi connectivity index (χ0) is 33.6. The molecular weight excluding hydrogens is 675 g/mol. The summed E-state index contributed by atoms with van der Waals surface area (Å²) in [5.74, 6) is -6.11. The van der Waals surface area contributed by atoms with Crippen LogP contribution < -0.4 is 10.1 Å². The minimum atomic E-state index is -1.97. The quantitative estimate of drug-likeness (QED) is 0.0595. The number of rotatable bonds is 20. The van der Waals surface area contributed by atoms with Crippen molar-refractivity contribution in [2.75, 3.05) is 19.0 Å². The van der Waals surface area contributed by atoms with Crippen molar-refractivity contribution >= 4 is 144 Å². The average molecular weight is 719 g/mol. The number of carboxylic acids is 2. The molecule has 1 aliphatic heterocycles. The van der Waals surface area contributed by atoms with Gasteiger partial charge in [-0.15, -0.1) is 0 Å². The first kappa shape index (κ1) is 44.7. The van der Waals surface area contributed by atoms with Crippen molar-refractivity contribution in [3.05, 3.63) is 59.2 Å². The van der Waals surface area contributed by atoms with Crippen LogP contribution in [-0.4, -0.2) is 179 Å². The number of ketones is 1. The van der Waals surface area contributed by atoms with Crippen LogP contribution >= 0.6 is 0 Å². The number of methoxy groups -OCH3 is 1. The fraction of sp³-hybridized carbons (Fsp3) is 0.471. The third kappa shape index (κ3) is 13.4. The van der Waals surface area contributed by atoms with Crippen molar-refractivity contribution in [3.63, 3.8) is 0 Å². The van der Waals surface area contributed by atoms with Crippen LogP contribution in [0.1, 0.15) is 109 Å². The number of nitrogens with one attached hydrogen (secondary N) is 1. The molecule has 0 spiro atoms. The number of Topliss-reactive ketones (excluding diaryl/α,β-unsaturated/α-hetero) is 1. The van der Waals surface area contributed by atoms with E-state index in [2.05, 4.69) is 12.2 Å². The molecule has 2 aromatic rings. The number of ether oxygens (including phenoxy) is 2.